The summed E-state index contributed by atoms with van der Waals surface area (Å²) in [6.45, 7) is 3.63. The summed E-state index contributed by atoms with van der Waals surface area (Å²) < 4.78 is 5.07. The molecule has 0 bridgehead atoms. The summed E-state index contributed by atoms with van der Waals surface area (Å²) in [5, 5.41) is 9.03. The largest absolute Gasteiger partial charge is 0.496 e. The number of hydrogen-bond donors (Lipinski definition) is 1. The normalized spacial score (nSPS) is 9.50. The molecule has 0 aromatic heterocycles. The fourth-order valence-electron chi connectivity index (χ4n) is 1.13. The lowest BCUT2D eigenvalue weighted by molar-refractivity contribution is 0.273. The highest BCUT2D eigenvalue weighted by Crippen LogP contribution is 2.22. The predicted octanol–water partition coefficient (Wildman–Crippen LogP) is 1.83. The number of methoxy groups -OCH3 is 1. The molecule has 0 aliphatic carbocycles. The van der Waals surface area contributed by atoms with Crippen molar-refractivity contribution in [3.63, 3.8) is 0 Å². The molecule has 0 aliphatic rings. The van der Waals surface area contributed by atoms with Crippen LogP contribution in [0.3, 0.4) is 0 Å². The van der Waals surface area contributed by atoms with E-state index in [1.807, 2.05) is 18.2 Å². The summed E-state index contributed by atoms with van der Waals surface area (Å²) in [5.74, 6) is 0.704. The van der Waals surface area contributed by atoms with Crippen LogP contribution in [0, 0.1) is 0 Å². The van der Waals surface area contributed by atoms with E-state index in [9.17, 15) is 0 Å². The van der Waals surface area contributed by atoms with Crippen LogP contribution in [0.5, 0.6) is 5.75 Å². The van der Waals surface area contributed by atoms with Gasteiger partial charge < -0.3 is 9.84 Å². The molecule has 0 radical (unpaired) electrons. The van der Waals surface area contributed by atoms with E-state index in [-0.39, 0.29) is 6.61 Å². The molecule has 1 aromatic carbocycles. The Labute approximate surface area is 72.1 Å². The van der Waals surface area contributed by atoms with Crippen molar-refractivity contribution < 1.29 is 9.84 Å². The molecule has 0 spiro atoms. The van der Waals surface area contributed by atoms with E-state index in [0.717, 1.165) is 11.1 Å². The molecular formula is C10H12O2. The summed E-state index contributed by atoms with van der Waals surface area (Å²) in [7, 11) is 1.58. The minimum Gasteiger partial charge on any atom is -0.496 e. The minimum absolute atomic E-state index is 0.0225. The van der Waals surface area contributed by atoms with Gasteiger partial charge in [-0.2, -0.15) is 0 Å². The molecule has 12 heavy (non-hydrogen) atoms. The zero-order valence-electron chi connectivity index (χ0n) is 7.08. The van der Waals surface area contributed by atoms with Gasteiger partial charge in [-0.1, -0.05) is 24.8 Å². The van der Waals surface area contributed by atoms with Crippen molar-refractivity contribution in [2.45, 2.75) is 6.61 Å². The number of aliphatic hydroxyl groups is 1. The first-order valence-corrected chi connectivity index (χ1v) is 3.72. The van der Waals surface area contributed by atoms with Gasteiger partial charge in [0, 0.05) is 5.56 Å². The van der Waals surface area contributed by atoms with Crippen molar-refractivity contribution in [2.24, 2.45) is 0 Å². The van der Waals surface area contributed by atoms with Crippen LogP contribution in [0.4, 0.5) is 0 Å². The fraction of sp³-hybridized carbons (Fsp3) is 0.200. The fourth-order valence-corrected chi connectivity index (χ4v) is 1.13. The van der Waals surface area contributed by atoms with Crippen molar-refractivity contribution in [3.05, 3.63) is 35.9 Å². The van der Waals surface area contributed by atoms with Crippen molar-refractivity contribution >= 4 is 6.08 Å². The Morgan fingerprint density at radius 3 is 2.83 bits per heavy atom. The quantitative estimate of drug-likeness (QED) is 0.738. The van der Waals surface area contributed by atoms with Crippen molar-refractivity contribution in [2.75, 3.05) is 7.11 Å². The van der Waals surface area contributed by atoms with Gasteiger partial charge in [-0.25, -0.2) is 0 Å². The zero-order valence-corrected chi connectivity index (χ0v) is 7.08. The van der Waals surface area contributed by atoms with Gasteiger partial charge in [-0.05, 0) is 11.6 Å². The third kappa shape index (κ3) is 1.48. The lowest BCUT2D eigenvalue weighted by Crippen LogP contribution is -1.94. The number of aliphatic hydroxyl groups excluding tert-OH is 1. The number of rotatable bonds is 3. The SMILES string of the molecule is C=Cc1cccc(OC)c1CO. The van der Waals surface area contributed by atoms with Crippen LogP contribution in [0.15, 0.2) is 24.8 Å². The average molecular weight is 164 g/mol. The number of benzene rings is 1. The highest BCUT2D eigenvalue weighted by atomic mass is 16.5. The lowest BCUT2D eigenvalue weighted by Gasteiger charge is -2.08. The van der Waals surface area contributed by atoms with E-state index in [0.29, 0.717) is 5.75 Å². The first kappa shape index (κ1) is 8.81. The standard InChI is InChI=1S/C10H12O2/c1-3-8-5-4-6-10(12-2)9(8)7-11/h3-6,11H,1,7H2,2H3. The molecule has 0 unspecified atom stereocenters. The van der Waals surface area contributed by atoms with Gasteiger partial charge in [-0.15, -0.1) is 0 Å². The first-order chi connectivity index (χ1) is 5.83. The molecule has 2 nitrogen and oxygen atoms in total. The molecular weight excluding hydrogens is 152 g/mol. The van der Waals surface area contributed by atoms with Crippen LogP contribution in [0.25, 0.3) is 6.08 Å². The molecule has 0 fully saturated rings. The van der Waals surface area contributed by atoms with Crippen LogP contribution < -0.4 is 4.74 Å². The predicted molar refractivity (Wildman–Crippen MR) is 49.0 cm³/mol. The van der Waals surface area contributed by atoms with Gasteiger partial charge in [0.2, 0.25) is 0 Å². The van der Waals surface area contributed by atoms with Crippen LogP contribution in [0.1, 0.15) is 11.1 Å². The van der Waals surface area contributed by atoms with Gasteiger partial charge >= 0.3 is 0 Å². The monoisotopic (exact) mass is 164 g/mol. The minimum atomic E-state index is -0.0225. The van der Waals surface area contributed by atoms with Gasteiger partial charge in [0.15, 0.2) is 0 Å². The first-order valence-electron chi connectivity index (χ1n) is 3.72. The summed E-state index contributed by atoms with van der Waals surface area (Å²) in [6, 6.07) is 5.58. The Bertz CT molecular complexity index is 279. The second kappa shape index (κ2) is 3.93. The molecule has 0 amide bonds. The van der Waals surface area contributed by atoms with Crippen LogP contribution >= 0.6 is 0 Å². The van der Waals surface area contributed by atoms with Crippen LogP contribution in [-0.2, 0) is 6.61 Å². The summed E-state index contributed by atoms with van der Waals surface area (Å²) in [5.41, 5.74) is 1.70. The Hall–Kier alpha value is -1.28. The van der Waals surface area contributed by atoms with Gasteiger partial charge in [0.25, 0.3) is 0 Å². The molecule has 0 heterocycles. The summed E-state index contributed by atoms with van der Waals surface area (Å²) in [6.07, 6.45) is 1.70. The second-order valence-corrected chi connectivity index (χ2v) is 2.39. The number of hydrogen-bond acceptors (Lipinski definition) is 2. The Morgan fingerprint density at radius 2 is 2.33 bits per heavy atom. The second-order valence-electron chi connectivity index (χ2n) is 2.39. The van der Waals surface area contributed by atoms with Gasteiger partial charge in [0.1, 0.15) is 5.75 Å². The smallest absolute Gasteiger partial charge is 0.124 e. The van der Waals surface area contributed by atoms with Crippen molar-refractivity contribution in [3.8, 4) is 5.75 Å². The molecule has 64 valence electrons. The molecule has 2 heteroatoms. The highest BCUT2D eigenvalue weighted by Gasteiger charge is 2.03. The molecule has 0 saturated heterocycles. The Kier molecular flexibility index (Phi) is 2.88. The van der Waals surface area contributed by atoms with E-state index in [1.165, 1.54) is 0 Å². The van der Waals surface area contributed by atoms with E-state index in [4.69, 9.17) is 9.84 Å². The summed E-state index contributed by atoms with van der Waals surface area (Å²) >= 11 is 0. The molecule has 1 aromatic rings. The maximum Gasteiger partial charge on any atom is 0.124 e. The number of ether oxygens (including phenoxy) is 1. The molecule has 1 rings (SSSR count). The Balaban J connectivity index is 3.21. The topological polar surface area (TPSA) is 29.5 Å². The molecule has 0 saturated carbocycles. The van der Waals surface area contributed by atoms with Crippen molar-refractivity contribution in [1.29, 1.82) is 0 Å². The Morgan fingerprint density at radius 1 is 1.58 bits per heavy atom. The van der Waals surface area contributed by atoms with E-state index >= 15 is 0 Å². The molecule has 0 atom stereocenters. The third-order valence-electron chi connectivity index (χ3n) is 1.77. The molecule has 1 N–H and O–H groups in total. The van der Waals surface area contributed by atoms with Crippen LogP contribution in [0.2, 0.25) is 0 Å². The third-order valence-corrected chi connectivity index (χ3v) is 1.77. The highest BCUT2D eigenvalue weighted by molar-refractivity contribution is 5.56. The maximum absolute atomic E-state index is 9.03. The van der Waals surface area contributed by atoms with Crippen molar-refractivity contribution in [1.82, 2.24) is 0 Å². The zero-order chi connectivity index (χ0) is 8.97. The average Bonchev–Trinajstić information content (AvgIpc) is 2.16. The lowest BCUT2D eigenvalue weighted by atomic mass is 10.1. The van der Waals surface area contributed by atoms with Crippen LogP contribution in [-0.4, -0.2) is 12.2 Å². The summed E-state index contributed by atoms with van der Waals surface area (Å²) in [4.78, 5) is 0. The van der Waals surface area contributed by atoms with E-state index < -0.39 is 0 Å². The maximum atomic E-state index is 9.03. The van der Waals surface area contributed by atoms with E-state index in [2.05, 4.69) is 6.58 Å². The van der Waals surface area contributed by atoms with Gasteiger partial charge in [-0.3, -0.25) is 0 Å². The van der Waals surface area contributed by atoms with E-state index in [1.54, 1.807) is 13.2 Å². The molecule has 0 aliphatic heterocycles. The van der Waals surface area contributed by atoms with Gasteiger partial charge in [0.05, 0.1) is 13.7 Å².